The van der Waals surface area contributed by atoms with E-state index < -0.39 is 0 Å². The Bertz CT molecular complexity index is 625. The van der Waals surface area contributed by atoms with Crippen LogP contribution in [0.1, 0.15) is 35.2 Å². The first-order valence-electron chi connectivity index (χ1n) is 7.25. The van der Waals surface area contributed by atoms with E-state index in [9.17, 15) is 0 Å². The van der Waals surface area contributed by atoms with Crippen LogP contribution in [0.4, 0.5) is 0 Å². The highest BCUT2D eigenvalue weighted by Crippen LogP contribution is 2.29. The average molecular weight is 367 g/mol. The highest BCUT2D eigenvalue weighted by Gasteiger charge is 2.16. The molecule has 0 spiro atoms. The smallest absolute Gasteiger partial charge is 0.0441 e. The Morgan fingerprint density at radius 3 is 2.43 bits per heavy atom. The van der Waals surface area contributed by atoms with Crippen LogP contribution in [0.2, 0.25) is 5.02 Å². The molecule has 0 aromatic heterocycles. The maximum atomic E-state index is 6.39. The fourth-order valence-corrected chi connectivity index (χ4v) is 3.34. The lowest BCUT2D eigenvalue weighted by Gasteiger charge is -2.21. The Morgan fingerprint density at radius 1 is 1.10 bits per heavy atom. The molecule has 0 bridgehead atoms. The topological polar surface area (TPSA) is 12.0 Å². The molecule has 1 N–H and O–H groups in total. The van der Waals surface area contributed by atoms with Crippen LogP contribution in [0.25, 0.3) is 0 Å². The van der Waals surface area contributed by atoms with Gasteiger partial charge in [-0.1, -0.05) is 64.3 Å². The van der Waals surface area contributed by atoms with E-state index >= 15 is 0 Å². The van der Waals surface area contributed by atoms with Gasteiger partial charge < -0.3 is 5.32 Å². The Labute approximate surface area is 140 Å². The largest absolute Gasteiger partial charge is 0.310 e. The van der Waals surface area contributed by atoms with E-state index in [1.807, 2.05) is 6.07 Å². The zero-order valence-electron chi connectivity index (χ0n) is 12.7. The molecule has 2 rings (SSSR count). The first kappa shape index (κ1) is 16.5. The van der Waals surface area contributed by atoms with Crippen LogP contribution < -0.4 is 5.32 Å². The van der Waals surface area contributed by atoms with Gasteiger partial charge in [0.1, 0.15) is 0 Å². The predicted octanol–water partition coefficient (Wildman–Crippen LogP) is 5.61. The Kier molecular flexibility index (Phi) is 5.86. The number of aryl methyl sites for hydroxylation is 2. The second kappa shape index (κ2) is 7.44. The number of nitrogens with one attached hydrogen (secondary N) is 1. The minimum Gasteiger partial charge on any atom is -0.310 e. The summed E-state index contributed by atoms with van der Waals surface area (Å²) in [5.74, 6) is 0. The number of hydrogen-bond acceptors (Lipinski definition) is 1. The Hall–Kier alpha value is -0.830. The lowest BCUT2D eigenvalue weighted by Crippen LogP contribution is -2.23. The van der Waals surface area contributed by atoms with Crippen molar-refractivity contribution in [2.24, 2.45) is 0 Å². The van der Waals surface area contributed by atoms with Gasteiger partial charge in [0, 0.05) is 15.5 Å². The van der Waals surface area contributed by atoms with Crippen LogP contribution in [0.3, 0.4) is 0 Å². The normalized spacial score (nSPS) is 12.4. The van der Waals surface area contributed by atoms with Crippen molar-refractivity contribution in [3.8, 4) is 0 Å². The van der Waals surface area contributed by atoms with Crippen molar-refractivity contribution in [3.63, 3.8) is 0 Å². The van der Waals surface area contributed by atoms with Gasteiger partial charge in [-0.2, -0.15) is 0 Å². The number of hydrogen-bond donors (Lipinski definition) is 1. The molecular weight excluding hydrogens is 346 g/mol. The van der Waals surface area contributed by atoms with Crippen LogP contribution in [0.5, 0.6) is 0 Å². The Balaban J connectivity index is 2.32. The van der Waals surface area contributed by atoms with Crippen LogP contribution in [-0.2, 0) is 6.42 Å². The van der Waals surface area contributed by atoms with E-state index in [1.54, 1.807) is 0 Å². The molecule has 0 aliphatic heterocycles. The summed E-state index contributed by atoms with van der Waals surface area (Å²) in [6.07, 6.45) is 0.884. The number of halogens is 2. The van der Waals surface area contributed by atoms with Gasteiger partial charge in [-0.25, -0.2) is 0 Å². The van der Waals surface area contributed by atoms with E-state index in [0.717, 1.165) is 22.5 Å². The maximum absolute atomic E-state index is 6.39. The summed E-state index contributed by atoms with van der Waals surface area (Å²) in [5, 5.41) is 4.42. The molecule has 0 radical (unpaired) electrons. The molecule has 0 aliphatic rings. The summed E-state index contributed by atoms with van der Waals surface area (Å²) < 4.78 is 1.14. The molecule has 0 saturated carbocycles. The number of likely N-dealkylation sites (N-methyl/N-ethyl adjacent to an activating group) is 1. The van der Waals surface area contributed by atoms with E-state index in [4.69, 9.17) is 11.6 Å². The fraction of sp³-hybridized carbons (Fsp3) is 0.333. The highest BCUT2D eigenvalue weighted by atomic mass is 79.9. The van der Waals surface area contributed by atoms with Gasteiger partial charge in [0.15, 0.2) is 0 Å². The molecule has 0 aliphatic carbocycles. The summed E-state index contributed by atoms with van der Waals surface area (Å²) in [6.45, 7) is 7.24. The molecule has 0 amide bonds. The quantitative estimate of drug-likeness (QED) is 0.725. The number of benzene rings is 2. The second-order valence-electron chi connectivity index (χ2n) is 5.43. The molecule has 0 fully saturated rings. The first-order valence-corrected chi connectivity index (χ1v) is 8.42. The molecule has 1 atom stereocenters. The van der Waals surface area contributed by atoms with Gasteiger partial charge in [0.2, 0.25) is 0 Å². The molecular formula is C18H21BrClN. The van der Waals surface area contributed by atoms with E-state index in [2.05, 4.69) is 72.3 Å². The zero-order valence-corrected chi connectivity index (χ0v) is 15.1. The third-order valence-corrected chi connectivity index (χ3v) is 4.68. The lowest BCUT2D eigenvalue weighted by molar-refractivity contribution is 0.547. The van der Waals surface area contributed by atoms with Crippen LogP contribution >= 0.6 is 27.5 Å². The summed E-state index contributed by atoms with van der Waals surface area (Å²) in [7, 11) is 0. The van der Waals surface area contributed by atoms with Gasteiger partial charge in [-0.15, -0.1) is 0 Å². The van der Waals surface area contributed by atoms with Crippen molar-refractivity contribution in [1.29, 1.82) is 0 Å². The van der Waals surface area contributed by atoms with Crippen LogP contribution in [-0.4, -0.2) is 6.54 Å². The standard InChI is InChI=1S/C18H21BrClN/c1-4-21-18(15-9-12(2)6-8-16(15)19)11-14-7-5-13(3)10-17(14)20/h5-10,18,21H,4,11H2,1-3H3. The van der Waals surface area contributed by atoms with Crippen molar-refractivity contribution < 1.29 is 0 Å². The SMILES string of the molecule is CCNC(Cc1ccc(C)cc1Cl)c1cc(C)ccc1Br. The van der Waals surface area contributed by atoms with E-state index in [1.165, 1.54) is 22.3 Å². The molecule has 3 heteroatoms. The van der Waals surface area contributed by atoms with Crippen molar-refractivity contribution in [3.05, 3.63) is 68.1 Å². The third kappa shape index (κ3) is 4.32. The highest BCUT2D eigenvalue weighted by molar-refractivity contribution is 9.10. The average Bonchev–Trinajstić information content (AvgIpc) is 2.44. The third-order valence-electron chi connectivity index (χ3n) is 3.61. The van der Waals surface area contributed by atoms with Crippen molar-refractivity contribution in [2.75, 3.05) is 6.54 Å². The van der Waals surface area contributed by atoms with Crippen molar-refractivity contribution >= 4 is 27.5 Å². The van der Waals surface area contributed by atoms with Gasteiger partial charge in [0.25, 0.3) is 0 Å². The monoisotopic (exact) mass is 365 g/mol. The molecule has 2 aromatic carbocycles. The summed E-state index contributed by atoms with van der Waals surface area (Å²) in [5.41, 5.74) is 4.93. The van der Waals surface area contributed by atoms with Crippen molar-refractivity contribution in [1.82, 2.24) is 5.32 Å². The van der Waals surface area contributed by atoms with E-state index in [0.29, 0.717) is 0 Å². The van der Waals surface area contributed by atoms with Gasteiger partial charge >= 0.3 is 0 Å². The molecule has 0 saturated heterocycles. The van der Waals surface area contributed by atoms with Gasteiger partial charge in [-0.3, -0.25) is 0 Å². The second-order valence-corrected chi connectivity index (χ2v) is 6.70. The van der Waals surface area contributed by atoms with Crippen LogP contribution in [0, 0.1) is 13.8 Å². The Morgan fingerprint density at radius 2 is 1.76 bits per heavy atom. The van der Waals surface area contributed by atoms with Crippen LogP contribution in [0.15, 0.2) is 40.9 Å². The summed E-state index contributed by atoms with van der Waals surface area (Å²) in [4.78, 5) is 0. The lowest BCUT2D eigenvalue weighted by atomic mass is 9.97. The molecule has 112 valence electrons. The zero-order chi connectivity index (χ0) is 15.4. The van der Waals surface area contributed by atoms with Gasteiger partial charge in [-0.05, 0) is 55.6 Å². The summed E-state index contributed by atoms with van der Waals surface area (Å²) in [6, 6.07) is 13.0. The van der Waals surface area contributed by atoms with Crippen molar-refractivity contribution in [2.45, 2.75) is 33.2 Å². The first-order chi connectivity index (χ1) is 10.0. The molecule has 21 heavy (non-hydrogen) atoms. The minimum atomic E-state index is 0.254. The summed E-state index contributed by atoms with van der Waals surface area (Å²) >= 11 is 10.1. The predicted molar refractivity (Wildman–Crippen MR) is 95.2 cm³/mol. The molecule has 0 heterocycles. The van der Waals surface area contributed by atoms with Gasteiger partial charge in [0.05, 0.1) is 0 Å². The van der Waals surface area contributed by atoms with E-state index in [-0.39, 0.29) is 6.04 Å². The number of rotatable bonds is 5. The molecule has 1 unspecified atom stereocenters. The molecule has 2 aromatic rings. The molecule has 1 nitrogen and oxygen atoms in total. The maximum Gasteiger partial charge on any atom is 0.0441 e. The minimum absolute atomic E-state index is 0.254. The fourth-order valence-electron chi connectivity index (χ4n) is 2.51.